The molecule has 0 heterocycles. The van der Waals surface area contributed by atoms with Gasteiger partial charge in [0, 0.05) is 12.0 Å². The van der Waals surface area contributed by atoms with E-state index in [1.807, 2.05) is 6.07 Å². The minimum Gasteiger partial charge on any atom is -0.478 e. The molecule has 23 heavy (non-hydrogen) atoms. The molecule has 4 heteroatoms. The molecule has 0 saturated heterocycles. The van der Waals surface area contributed by atoms with Crippen LogP contribution in [0, 0.1) is 23.2 Å². The van der Waals surface area contributed by atoms with Crippen molar-refractivity contribution in [3.05, 3.63) is 35.4 Å². The average Bonchev–Trinajstić information content (AvgIpc) is 2.51. The number of rotatable bonds is 4. The molecule has 4 bridgehead atoms. The third kappa shape index (κ3) is 2.64. The van der Waals surface area contributed by atoms with Crippen molar-refractivity contribution in [1.82, 2.24) is 5.32 Å². The normalized spacial score (nSPS) is 34.3. The predicted octanol–water partition coefficient (Wildman–Crippen LogP) is 3.22. The maximum Gasteiger partial charge on any atom is 0.335 e. The van der Waals surface area contributed by atoms with Gasteiger partial charge >= 0.3 is 5.97 Å². The van der Waals surface area contributed by atoms with Crippen LogP contribution in [0.1, 0.15) is 54.4 Å². The summed E-state index contributed by atoms with van der Waals surface area (Å²) in [4.78, 5) is 23.9. The van der Waals surface area contributed by atoms with Crippen molar-refractivity contribution in [1.29, 1.82) is 0 Å². The van der Waals surface area contributed by atoms with Crippen molar-refractivity contribution in [2.45, 2.75) is 45.1 Å². The van der Waals surface area contributed by atoms with Gasteiger partial charge in [-0.05, 0) is 74.0 Å². The van der Waals surface area contributed by atoms with E-state index in [4.69, 9.17) is 5.11 Å². The van der Waals surface area contributed by atoms with Gasteiger partial charge in [-0.1, -0.05) is 12.1 Å². The molecule has 0 aliphatic heterocycles. The minimum atomic E-state index is -0.931. The van der Waals surface area contributed by atoms with E-state index in [1.165, 1.54) is 19.3 Å². The highest BCUT2D eigenvalue weighted by Gasteiger charge is 2.54. The number of aromatic carboxylic acids is 1. The van der Waals surface area contributed by atoms with E-state index in [9.17, 15) is 9.59 Å². The first-order valence-corrected chi connectivity index (χ1v) is 8.65. The lowest BCUT2D eigenvalue weighted by Gasteiger charge is -2.55. The summed E-state index contributed by atoms with van der Waals surface area (Å²) in [6.07, 6.45) is 7.15. The number of nitrogens with one attached hydrogen (secondary N) is 1. The second kappa shape index (κ2) is 5.36. The number of carboxylic acids is 1. The molecule has 1 aromatic carbocycles. The van der Waals surface area contributed by atoms with E-state index in [0.717, 1.165) is 42.6 Å². The van der Waals surface area contributed by atoms with E-state index < -0.39 is 5.97 Å². The summed E-state index contributed by atoms with van der Waals surface area (Å²) in [7, 11) is 0. The fourth-order valence-corrected chi connectivity index (χ4v) is 5.57. The van der Waals surface area contributed by atoms with Crippen LogP contribution in [0.4, 0.5) is 0 Å². The molecule has 0 aromatic heterocycles. The van der Waals surface area contributed by atoms with Gasteiger partial charge in [0.25, 0.3) is 0 Å². The molecular weight excluding hydrogens is 290 g/mol. The molecule has 4 nitrogen and oxygen atoms in total. The molecule has 2 N–H and O–H groups in total. The molecule has 0 radical (unpaired) electrons. The molecular formula is C19H23NO3. The molecule has 4 fully saturated rings. The number of amides is 1. The largest absolute Gasteiger partial charge is 0.478 e. The highest BCUT2D eigenvalue weighted by atomic mass is 16.4. The van der Waals surface area contributed by atoms with Gasteiger partial charge in [-0.3, -0.25) is 4.79 Å². The third-order valence-electron chi connectivity index (χ3n) is 6.15. The Kier molecular flexibility index (Phi) is 3.43. The van der Waals surface area contributed by atoms with Crippen molar-refractivity contribution in [2.75, 3.05) is 0 Å². The van der Waals surface area contributed by atoms with Crippen LogP contribution in [-0.4, -0.2) is 17.0 Å². The summed E-state index contributed by atoms with van der Waals surface area (Å²) < 4.78 is 0. The zero-order valence-electron chi connectivity index (χ0n) is 13.3. The average molecular weight is 313 g/mol. The lowest BCUT2D eigenvalue weighted by molar-refractivity contribution is -0.146. The van der Waals surface area contributed by atoms with Gasteiger partial charge in [0.1, 0.15) is 0 Å². The second-order valence-electron chi connectivity index (χ2n) is 7.89. The van der Waals surface area contributed by atoms with Crippen molar-refractivity contribution in [3.8, 4) is 0 Å². The lowest BCUT2D eigenvalue weighted by Crippen LogP contribution is -2.53. The second-order valence-corrected chi connectivity index (χ2v) is 7.89. The Labute approximate surface area is 136 Å². The molecule has 4 saturated carbocycles. The number of benzene rings is 1. The molecule has 4 aliphatic carbocycles. The Balaban J connectivity index is 1.44. The maximum atomic E-state index is 12.9. The Morgan fingerprint density at radius 1 is 1.09 bits per heavy atom. The van der Waals surface area contributed by atoms with E-state index >= 15 is 0 Å². The minimum absolute atomic E-state index is 0.140. The topological polar surface area (TPSA) is 66.4 Å². The maximum absolute atomic E-state index is 12.9. The molecule has 0 spiro atoms. The predicted molar refractivity (Wildman–Crippen MR) is 85.9 cm³/mol. The van der Waals surface area contributed by atoms with Gasteiger partial charge in [0.15, 0.2) is 0 Å². The molecule has 1 amide bonds. The van der Waals surface area contributed by atoms with Crippen LogP contribution in [0.5, 0.6) is 0 Å². The monoisotopic (exact) mass is 313 g/mol. The molecule has 0 atom stereocenters. The van der Waals surface area contributed by atoms with Gasteiger partial charge in [-0.15, -0.1) is 0 Å². The van der Waals surface area contributed by atoms with E-state index in [-0.39, 0.29) is 16.9 Å². The first-order chi connectivity index (χ1) is 11.0. The summed E-state index contributed by atoms with van der Waals surface area (Å²) in [5.41, 5.74) is 0.980. The molecule has 1 aromatic rings. The van der Waals surface area contributed by atoms with Gasteiger partial charge in [0.2, 0.25) is 5.91 Å². The van der Waals surface area contributed by atoms with Gasteiger partial charge in [-0.2, -0.15) is 0 Å². The van der Waals surface area contributed by atoms with Gasteiger partial charge < -0.3 is 10.4 Å². The standard InChI is InChI=1S/C19H23NO3/c21-17(22)16-3-1-2-12(7-16)11-20-18(23)19-8-13-4-14(9-19)6-15(5-13)10-19/h1-3,7,13-15H,4-6,8-11H2,(H,20,23)(H,21,22). The SMILES string of the molecule is O=C(O)c1cccc(CNC(=O)C23CC4CC(CC(C4)C2)C3)c1. The first-order valence-electron chi connectivity index (χ1n) is 8.65. The summed E-state index contributed by atoms with van der Waals surface area (Å²) in [5, 5.41) is 12.1. The summed E-state index contributed by atoms with van der Waals surface area (Å²) in [5.74, 6) is 1.52. The van der Waals surface area contributed by atoms with E-state index in [1.54, 1.807) is 18.2 Å². The van der Waals surface area contributed by atoms with Crippen LogP contribution >= 0.6 is 0 Å². The zero-order chi connectivity index (χ0) is 16.0. The van der Waals surface area contributed by atoms with Crippen LogP contribution in [0.25, 0.3) is 0 Å². The van der Waals surface area contributed by atoms with Gasteiger partial charge in [0.05, 0.1) is 5.56 Å². The van der Waals surface area contributed by atoms with Crippen LogP contribution in [0.3, 0.4) is 0 Å². The Morgan fingerprint density at radius 3 is 2.26 bits per heavy atom. The first kappa shape index (κ1) is 14.7. The fourth-order valence-electron chi connectivity index (χ4n) is 5.57. The molecule has 4 aliphatic rings. The number of carboxylic acid groups (broad SMARTS) is 1. The smallest absolute Gasteiger partial charge is 0.335 e. The fraction of sp³-hybridized carbons (Fsp3) is 0.579. The summed E-state index contributed by atoms with van der Waals surface area (Å²) >= 11 is 0. The Bertz CT molecular complexity index is 616. The highest BCUT2D eigenvalue weighted by molar-refractivity contribution is 5.88. The van der Waals surface area contributed by atoms with Crippen LogP contribution in [0.2, 0.25) is 0 Å². The zero-order valence-corrected chi connectivity index (χ0v) is 13.3. The third-order valence-corrected chi connectivity index (χ3v) is 6.15. The van der Waals surface area contributed by atoms with Crippen LogP contribution in [0.15, 0.2) is 24.3 Å². The molecule has 122 valence electrons. The Morgan fingerprint density at radius 2 is 1.70 bits per heavy atom. The molecule has 0 unspecified atom stereocenters. The van der Waals surface area contributed by atoms with E-state index in [2.05, 4.69) is 5.32 Å². The van der Waals surface area contributed by atoms with Crippen LogP contribution in [-0.2, 0) is 11.3 Å². The highest BCUT2D eigenvalue weighted by Crippen LogP contribution is 2.60. The van der Waals surface area contributed by atoms with Crippen molar-refractivity contribution >= 4 is 11.9 Å². The number of carbonyl (C=O) groups excluding carboxylic acids is 1. The Hall–Kier alpha value is -1.84. The molecule has 5 rings (SSSR count). The number of hydrogen-bond donors (Lipinski definition) is 2. The number of carbonyl (C=O) groups is 2. The quantitative estimate of drug-likeness (QED) is 0.897. The lowest BCUT2D eigenvalue weighted by atomic mass is 9.49. The van der Waals surface area contributed by atoms with Crippen molar-refractivity contribution in [2.24, 2.45) is 23.2 Å². The van der Waals surface area contributed by atoms with Gasteiger partial charge in [-0.25, -0.2) is 4.79 Å². The number of hydrogen-bond acceptors (Lipinski definition) is 2. The van der Waals surface area contributed by atoms with Crippen LogP contribution < -0.4 is 5.32 Å². The van der Waals surface area contributed by atoms with Crippen molar-refractivity contribution in [3.63, 3.8) is 0 Å². The van der Waals surface area contributed by atoms with Crippen molar-refractivity contribution < 1.29 is 14.7 Å². The van der Waals surface area contributed by atoms with E-state index in [0.29, 0.717) is 6.54 Å². The summed E-state index contributed by atoms with van der Waals surface area (Å²) in [6.45, 7) is 0.418. The summed E-state index contributed by atoms with van der Waals surface area (Å²) in [6, 6.07) is 6.82.